The summed E-state index contributed by atoms with van der Waals surface area (Å²) in [5, 5.41) is 3.23. The third-order valence-corrected chi connectivity index (χ3v) is 3.51. The third-order valence-electron chi connectivity index (χ3n) is 2.66. The molecule has 0 aromatic heterocycles. The number of hydrogen-bond acceptors (Lipinski definition) is 2. The molecule has 21 heavy (non-hydrogen) atoms. The van der Waals surface area contributed by atoms with E-state index in [1.54, 1.807) is 31.2 Å². The average Bonchev–Trinajstić information content (AvgIpc) is 2.41. The number of anilines is 1. The van der Waals surface area contributed by atoms with Crippen molar-refractivity contribution < 1.29 is 13.9 Å². The van der Waals surface area contributed by atoms with E-state index in [1.165, 1.54) is 18.2 Å². The summed E-state index contributed by atoms with van der Waals surface area (Å²) in [7, 11) is 0. The molecule has 0 fully saturated rings. The first-order chi connectivity index (χ1) is 9.95. The van der Waals surface area contributed by atoms with Gasteiger partial charge < -0.3 is 10.1 Å². The fraction of sp³-hybridized carbons (Fsp3) is 0.133. The first kappa shape index (κ1) is 15.8. The summed E-state index contributed by atoms with van der Waals surface area (Å²) in [5.74, 6) is -0.316. The summed E-state index contributed by atoms with van der Waals surface area (Å²) in [4.78, 5) is 12.0. The van der Waals surface area contributed by atoms with Gasteiger partial charge in [0.05, 0.1) is 4.47 Å². The SMILES string of the molecule is C[C@@H](Oc1ccc(F)cc1Br)C(=O)Nc1cccc(Cl)c1. The molecule has 0 saturated carbocycles. The normalized spacial score (nSPS) is 11.8. The van der Waals surface area contributed by atoms with E-state index < -0.39 is 6.10 Å². The Morgan fingerprint density at radius 1 is 1.33 bits per heavy atom. The van der Waals surface area contributed by atoms with Crippen molar-refractivity contribution in [2.45, 2.75) is 13.0 Å². The first-order valence-corrected chi connectivity index (χ1v) is 7.31. The second-order valence-electron chi connectivity index (χ2n) is 4.33. The number of amides is 1. The minimum absolute atomic E-state index is 0.325. The maximum atomic E-state index is 13.0. The van der Waals surface area contributed by atoms with Crippen molar-refractivity contribution >= 4 is 39.1 Å². The highest BCUT2D eigenvalue weighted by Gasteiger charge is 2.16. The maximum absolute atomic E-state index is 13.0. The van der Waals surface area contributed by atoms with Crippen LogP contribution in [0.2, 0.25) is 5.02 Å². The molecule has 1 amide bonds. The smallest absolute Gasteiger partial charge is 0.265 e. The van der Waals surface area contributed by atoms with Gasteiger partial charge in [-0.25, -0.2) is 4.39 Å². The van der Waals surface area contributed by atoms with Gasteiger partial charge in [-0.1, -0.05) is 17.7 Å². The molecule has 0 unspecified atom stereocenters. The van der Waals surface area contributed by atoms with Crippen LogP contribution in [0.5, 0.6) is 5.75 Å². The second-order valence-corrected chi connectivity index (χ2v) is 5.63. The van der Waals surface area contributed by atoms with E-state index in [0.717, 1.165) is 0 Å². The number of carbonyl (C=O) groups is 1. The molecule has 2 aromatic rings. The monoisotopic (exact) mass is 371 g/mol. The fourth-order valence-electron chi connectivity index (χ4n) is 1.62. The van der Waals surface area contributed by atoms with Crippen LogP contribution in [-0.2, 0) is 4.79 Å². The zero-order valence-electron chi connectivity index (χ0n) is 11.1. The van der Waals surface area contributed by atoms with E-state index in [-0.39, 0.29) is 11.7 Å². The van der Waals surface area contributed by atoms with Gasteiger partial charge >= 0.3 is 0 Å². The summed E-state index contributed by atoms with van der Waals surface area (Å²) < 4.78 is 18.9. The molecule has 0 saturated heterocycles. The minimum atomic E-state index is -0.745. The summed E-state index contributed by atoms with van der Waals surface area (Å²) in [5.41, 5.74) is 0.584. The third kappa shape index (κ3) is 4.44. The highest BCUT2D eigenvalue weighted by atomic mass is 79.9. The predicted octanol–water partition coefficient (Wildman–Crippen LogP) is 4.65. The van der Waals surface area contributed by atoms with Crippen molar-refractivity contribution in [2.75, 3.05) is 5.32 Å². The van der Waals surface area contributed by atoms with E-state index >= 15 is 0 Å². The van der Waals surface area contributed by atoms with Gasteiger partial charge in [-0.3, -0.25) is 4.79 Å². The molecule has 0 spiro atoms. The van der Waals surface area contributed by atoms with Crippen LogP contribution in [0.25, 0.3) is 0 Å². The Bertz CT molecular complexity index is 666. The molecule has 2 aromatic carbocycles. The number of hydrogen-bond donors (Lipinski definition) is 1. The van der Waals surface area contributed by atoms with Crippen molar-refractivity contribution in [3.63, 3.8) is 0 Å². The molecule has 0 heterocycles. The van der Waals surface area contributed by atoms with Crippen molar-refractivity contribution in [2.24, 2.45) is 0 Å². The van der Waals surface area contributed by atoms with Crippen LogP contribution >= 0.6 is 27.5 Å². The van der Waals surface area contributed by atoms with Crippen LogP contribution in [0.3, 0.4) is 0 Å². The summed E-state index contributed by atoms with van der Waals surface area (Å²) in [6.45, 7) is 1.61. The van der Waals surface area contributed by atoms with Crippen LogP contribution in [0.15, 0.2) is 46.9 Å². The summed E-state index contributed by atoms with van der Waals surface area (Å²) in [6, 6.07) is 10.8. The molecule has 0 aliphatic heterocycles. The average molecular weight is 373 g/mol. The molecule has 0 radical (unpaired) electrons. The second kappa shape index (κ2) is 6.91. The Balaban J connectivity index is 2.02. The highest BCUT2D eigenvalue weighted by molar-refractivity contribution is 9.10. The van der Waals surface area contributed by atoms with Crippen molar-refractivity contribution in [1.29, 1.82) is 0 Å². The lowest BCUT2D eigenvalue weighted by Gasteiger charge is -2.15. The quantitative estimate of drug-likeness (QED) is 0.848. The van der Waals surface area contributed by atoms with Gasteiger partial charge in [-0.2, -0.15) is 0 Å². The molecule has 0 aliphatic carbocycles. The van der Waals surface area contributed by atoms with Gasteiger partial charge in [0.2, 0.25) is 0 Å². The van der Waals surface area contributed by atoms with Gasteiger partial charge in [0.1, 0.15) is 11.6 Å². The molecule has 1 atom stereocenters. The topological polar surface area (TPSA) is 38.3 Å². The van der Waals surface area contributed by atoms with Crippen molar-refractivity contribution in [3.8, 4) is 5.75 Å². The Kier molecular flexibility index (Phi) is 5.20. The number of halogens is 3. The van der Waals surface area contributed by atoms with E-state index in [4.69, 9.17) is 16.3 Å². The highest BCUT2D eigenvalue weighted by Crippen LogP contribution is 2.26. The molecule has 0 aliphatic rings. The predicted molar refractivity (Wildman–Crippen MR) is 84.3 cm³/mol. The van der Waals surface area contributed by atoms with Crippen LogP contribution in [0, 0.1) is 5.82 Å². The lowest BCUT2D eigenvalue weighted by molar-refractivity contribution is -0.122. The molecule has 2 rings (SSSR count). The van der Waals surface area contributed by atoms with Gasteiger partial charge in [-0.05, 0) is 59.3 Å². The first-order valence-electron chi connectivity index (χ1n) is 6.14. The van der Waals surface area contributed by atoms with Crippen molar-refractivity contribution in [1.82, 2.24) is 0 Å². The lowest BCUT2D eigenvalue weighted by Crippen LogP contribution is -2.30. The van der Waals surface area contributed by atoms with Crippen molar-refractivity contribution in [3.05, 3.63) is 57.8 Å². The zero-order chi connectivity index (χ0) is 15.4. The molecule has 3 nitrogen and oxygen atoms in total. The van der Waals surface area contributed by atoms with E-state index in [1.807, 2.05) is 0 Å². The number of carbonyl (C=O) groups excluding carboxylic acids is 1. The Hall–Kier alpha value is -1.59. The Morgan fingerprint density at radius 2 is 2.10 bits per heavy atom. The molecule has 0 bridgehead atoms. The maximum Gasteiger partial charge on any atom is 0.265 e. The summed E-state index contributed by atoms with van der Waals surface area (Å²) in [6.07, 6.45) is -0.745. The summed E-state index contributed by atoms with van der Waals surface area (Å²) >= 11 is 9.04. The van der Waals surface area contributed by atoms with Gasteiger partial charge in [-0.15, -0.1) is 0 Å². The molecular weight excluding hydrogens is 361 g/mol. The Labute approximate surface area is 135 Å². The largest absolute Gasteiger partial charge is 0.480 e. The fourth-order valence-corrected chi connectivity index (χ4v) is 2.26. The van der Waals surface area contributed by atoms with Gasteiger partial charge in [0, 0.05) is 10.7 Å². The lowest BCUT2D eigenvalue weighted by atomic mass is 10.3. The number of ether oxygens (including phenoxy) is 1. The Morgan fingerprint density at radius 3 is 2.76 bits per heavy atom. The number of benzene rings is 2. The molecule has 6 heteroatoms. The molecule has 1 N–H and O–H groups in total. The standard InChI is InChI=1S/C15H12BrClFNO2/c1-9(21-14-6-5-11(18)8-13(14)16)15(20)19-12-4-2-3-10(17)7-12/h2-9H,1H3,(H,19,20)/t9-/m1/s1. The van der Waals surface area contributed by atoms with E-state index in [2.05, 4.69) is 21.2 Å². The van der Waals surface area contributed by atoms with Crippen LogP contribution in [-0.4, -0.2) is 12.0 Å². The molecule has 110 valence electrons. The number of nitrogens with one attached hydrogen (secondary N) is 1. The van der Waals surface area contributed by atoms with Crippen LogP contribution in [0.1, 0.15) is 6.92 Å². The van der Waals surface area contributed by atoms with Crippen LogP contribution < -0.4 is 10.1 Å². The number of rotatable bonds is 4. The molecular formula is C15H12BrClFNO2. The zero-order valence-corrected chi connectivity index (χ0v) is 13.4. The van der Waals surface area contributed by atoms with E-state index in [9.17, 15) is 9.18 Å². The van der Waals surface area contributed by atoms with Gasteiger partial charge in [0.25, 0.3) is 5.91 Å². The minimum Gasteiger partial charge on any atom is -0.480 e. The van der Waals surface area contributed by atoms with Gasteiger partial charge in [0.15, 0.2) is 6.10 Å². The van der Waals surface area contributed by atoms with Crippen LogP contribution in [0.4, 0.5) is 10.1 Å². The van der Waals surface area contributed by atoms with E-state index in [0.29, 0.717) is 20.9 Å².